The summed E-state index contributed by atoms with van der Waals surface area (Å²) in [4.78, 5) is 10.6. The van der Waals surface area contributed by atoms with E-state index in [1.54, 1.807) is 19.1 Å². The van der Waals surface area contributed by atoms with E-state index in [0.717, 1.165) is 5.56 Å². The van der Waals surface area contributed by atoms with Crippen molar-refractivity contribution in [3.05, 3.63) is 35.4 Å². The monoisotopic (exact) mass is 194 g/mol. The third kappa shape index (κ3) is 2.12. The van der Waals surface area contributed by atoms with E-state index in [0.29, 0.717) is 6.42 Å². The van der Waals surface area contributed by atoms with Crippen LogP contribution >= 0.6 is 0 Å². The number of carboxylic acid groups (broad SMARTS) is 1. The van der Waals surface area contributed by atoms with E-state index in [2.05, 4.69) is 0 Å². The fourth-order valence-corrected chi connectivity index (χ4v) is 1.18. The molecule has 0 unspecified atom stereocenters. The summed E-state index contributed by atoms with van der Waals surface area (Å²) in [5, 5.41) is 18.5. The molecule has 0 aliphatic rings. The topological polar surface area (TPSA) is 57.5 Å². The van der Waals surface area contributed by atoms with Crippen molar-refractivity contribution in [3.8, 4) is 0 Å². The van der Waals surface area contributed by atoms with E-state index in [1.807, 2.05) is 6.92 Å². The van der Waals surface area contributed by atoms with Crippen LogP contribution < -0.4 is 0 Å². The number of aliphatic hydroxyl groups is 1. The highest BCUT2D eigenvalue weighted by Gasteiger charge is 2.20. The van der Waals surface area contributed by atoms with E-state index in [9.17, 15) is 9.90 Å². The SMILES string of the molecule is CC[C@@](C)(O)c1ccc(C(=O)O)cc1. The summed E-state index contributed by atoms with van der Waals surface area (Å²) in [6, 6.07) is 6.30. The van der Waals surface area contributed by atoms with Crippen LogP contribution in [0.1, 0.15) is 36.2 Å². The Morgan fingerprint density at radius 3 is 2.21 bits per heavy atom. The van der Waals surface area contributed by atoms with Gasteiger partial charge in [0.25, 0.3) is 0 Å². The standard InChI is InChI=1S/C11H14O3/c1-3-11(2,14)9-6-4-8(5-7-9)10(12)13/h4-7,14H,3H2,1-2H3,(H,12,13)/t11-/m1/s1. The van der Waals surface area contributed by atoms with Crippen molar-refractivity contribution in [3.63, 3.8) is 0 Å². The van der Waals surface area contributed by atoms with Crippen LogP contribution in [0.3, 0.4) is 0 Å². The maximum Gasteiger partial charge on any atom is 0.335 e. The lowest BCUT2D eigenvalue weighted by Crippen LogP contribution is -2.19. The quantitative estimate of drug-likeness (QED) is 0.773. The van der Waals surface area contributed by atoms with Gasteiger partial charge in [-0.05, 0) is 31.0 Å². The molecule has 1 aromatic carbocycles. The highest BCUT2D eigenvalue weighted by atomic mass is 16.4. The maximum absolute atomic E-state index is 10.6. The normalized spacial score (nSPS) is 14.8. The molecule has 0 bridgehead atoms. The molecule has 0 aliphatic heterocycles. The lowest BCUT2D eigenvalue weighted by atomic mass is 9.93. The molecule has 76 valence electrons. The van der Waals surface area contributed by atoms with Gasteiger partial charge in [-0.1, -0.05) is 19.1 Å². The van der Waals surface area contributed by atoms with Gasteiger partial charge in [0.05, 0.1) is 11.2 Å². The van der Waals surface area contributed by atoms with Crippen LogP contribution in [-0.4, -0.2) is 16.2 Å². The van der Waals surface area contributed by atoms with Crippen LogP contribution in [0.5, 0.6) is 0 Å². The summed E-state index contributed by atoms with van der Waals surface area (Å²) < 4.78 is 0. The fraction of sp³-hybridized carbons (Fsp3) is 0.364. The largest absolute Gasteiger partial charge is 0.478 e. The fourth-order valence-electron chi connectivity index (χ4n) is 1.18. The van der Waals surface area contributed by atoms with E-state index < -0.39 is 11.6 Å². The van der Waals surface area contributed by atoms with Gasteiger partial charge in [0.15, 0.2) is 0 Å². The Morgan fingerprint density at radius 2 is 1.86 bits per heavy atom. The van der Waals surface area contributed by atoms with Gasteiger partial charge in [-0.25, -0.2) is 4.79 Å². The van der Waals surface area contributed by atoms with E-state index in [4.69, 9.17) is 5.11 Å². The summed E-state index contributed by atoms with van der Waals surface area (Å²) in [5.74, 6) is -0.951. The zero-order valence-corrected chi connectivity index (χ0v) is 8.32. The van der Waals surface area contributed by atoms with Crippen molar-refractivity contribution in [2.24, 2.45) is 0 Å². The molecule has 14 heavy (non-hydrogen) atoms. The number of benzene rings is 1. The molecule has 0 amide bonds. The number of hydrogen-bond acceptors (Lipinski definition) is 2. The Hall–Kier alpha value is -1.35. The number of rotatable bonds is 3. The number of carboxylic acids is 1. The molecule has 0 radical (unpaired) electrons. The zero-order valence-electron chi connectivity index (χ0n) is 8.32. The Balaban J connectivity index is 2.99. The first-order valence-electron chi connectivity index (χ1n) is 4.53. The second-order valence-corrected chi connectivity index (χ2v) is 3.51. The first kappa shape index (κ1) is 10.7. The molecule has 0 aromatic heterocycles. The van der Waals surface area contributed by atoms with E-state index in [-0.39, 0.29) is 5.56 Å². The van der Waals surface area contributed by atoms with Crippen molar-refractivity contribution in [2.75, 3.05) is 0 Å². The van der Waals surface area contributed by atoms with Crippen LogP contribution in [0.2, 0.25) is 0 Å². The van der Waals surface area contributed by atoms with Crippen LogP contribution in [-0.2, 0) is 5.60 Å². The van der Waals surface area contributed by atoms with Crippen molar-refractivity contribution in [2.45, 2.75) is 25.9 Å². The minimum absolute atomic E-state index is 0.237. The lowest BCUT2D eigenvalue weighted by molar-refractivity contribution is 0.0528. The first-order chi connectivity index (χ1) is 6.47. The molecule has 0 spiro atoms. The summed E-state index contributed by atoms with van der Waals surface area (Å²) in [6.45, 7) is 3.59. The third-order valence-electron chi connectivity index (χ3n) is 2.44. The molecular formula is C11H14O3. The Labute approximate surface area is 83.0 Å². The number of hydrogen-bond donors (Lipinski definition) is 2. The summed E-state index contributed by atoms with van der Waals surface area (Å²) in [7, 11) is 0. The lowest BCUT2D eigenvalue weighted by Gasteiger charge is -2.21. The Bertz CT molecular complexity index is 325. The van der Waals surface area contributed by atoms with Gasteiger partial charge in [0, 0.05) is 0 Å². The smallest absolute Gasteiger partial charge is 0.335 e. The van der Waals surface area contributed by atoms with Crippen molar-refractivity contribution >= 4 is 5.97 Å². The predicted octanol–water partition coefficient (Wildman–Crippen LogP) is 2.00. The molecule has 0 aliphatic carbocycles. The molecule has 2 N–H and O–H groups in total. The Morgan fingerprint density at radius 1 is 1.36 bits per heavy atom. The van der Waals surface area contributed by atoms with Gasteiger partial charge in [-0.2, -0.15) is 0 Å². The molecule has 3 nitrogen and oxygen atoms in total. The van der Waals surface area contributed by atoms with Gasteiger partial charge in [0.1, 0.15) is 0 Å². The highest BCUT2D eigenvalue weighted by Crippen LogP contribution is 2.23. The minimum Gasteiger partial charge on any atom is -0.478 e. The molecule has 3 heteroatoms. The maximum atomic E-state index is 10.6. The van der Waals surface area contributed by atoms with Gasteiger partial charge in [0.2, 0.25) is 0 Å². The molecule has 1 atom stereocenters. The van der Waals surface area contributed by atoms with Crippen molar-refractivity contribution in [1.29, 1.82) is 0 Å². The van der Waals surface area contributed by atoms with Gasteiger partial charge in [-0.3, -0.25) is 0 Å². The average molecular weight is 194 g/mol. The highest BCUT2D eigenvalue weighted by molar-refractivity contribution is 5.87. The summed E-state index contributed by atoms with van der Waals surface area (Å²) >= 11 is 0. The van der Waals surface area contributed by atoms with Crippen LogP contribution in [0.15, 0.2) is 24.3 Å². The minimum atomic E-state index is -0.951. The Kier molecular flexibility index (Phi) is 2.91. The van der Waals surface area contributed by atoms with E-state index in [1.165, 1.54) is 12.1 Å². The number of aromatic carboxylic acids is 1. The van der Waals surface area contributed by atoms with Crippen LogP contribution in [0, 0.1) is 0 Å². The zero-order chi connectivity index (χ0) is 10.8. The average Bonchev–Trinajstić information content (AvgIpc) is 2.18. The molecular weight excluding hydrogens is 180 g/mol. The third-order valence-corrected chi connectivity index (χ3v) is 2.44. The summed E-state index contributed by atoms with van der Waals surface area (Å²) in [5.41, 5.74) is 0.0995. The predicted molar refractivity (Wildman–Crippen MR) is 53.3 cm³/mol. The summed E-state index contributed by atoms with van der Waals surface area (Å²) in [6.07, 6.45) is 0.597. The molecule has 0 heterocycles. The second-order valence-electron chi connectivity index (χ2n) is 3.51. The van der Waals surface area contributed by atoms with Crippen molar-refractivity contribution < 1.29 is 15.0 Å². The van der Waals surface area contributed by atoms with Gasteiger partial charge >= 0.3 is 5.97 Å². The number of carbonyl (C=O) groups is 1. The second kappa shape index (κ2) is 3.80. The molecule has 0 saturated carbocycles. The van der Waals surface area contributed by atoms with Gasteiger partial charge < -0.3 is 10.2 Å². The molecule has 1 aromatic rings. The van der Waals surface area contributed by atoms with Crippen molar-refractivity contribution in [1.82, 2.24) is 0 Å². The van der Waals surface area contributed by atoms with Gasteiger partial charge in [-0.15, -0.1) is 0 Å². The van der Waals surface area contributed by atoms with E-state index >= 15 is 0 Å². The molecule has 0 saturated heterocycles. The van der Waals surface area contributed by atoms with Crippen LogP contribution in [0.25, 0.3) is 0 Å². The molecule has 0 fully saturated rings. The first-order valence-corrected chi connectivity index (χ1v) is 4.53. The molecule has 1 rings (SSSR count). The van der Waals surface area contributed by atoms with Crippen LogP contribution in [0.4, 0.5) is 0 Å².